The van der Waals surface area contributed by atoms with Crippen molar-refractivity contribution in [1.29, 1.82) is 0 Å². The number of anilines is 1. The third kappa shape index (κ3) is 4.38. The Labute approximate surface area is 149 Å². The van der Waals surface area contributed by atoms with Gasteiger partial charge in [-0.3, -0.25) is 14.5 Å². The van der Waals surface area contributed by atoms with Crippen LogP contribution in [0.25, 0.3) is 0 Å². The first-order valence-electron chi connectivity index (χ1n) is 9.15. The van der Waals surface area contributed by atoms with Crippen LogP contribution >= 0.6 is 0 Å². The zero-order valence-corrected chi connectivity index (χ0v) is 15.2. The number of piperazine rings is 1. The molecule has 1 unspecified atom stereocenters. The van der Waals surface area contributed by atoms with Gasteiger partial charge in [0.15, 0.2) is 0 Å². The highest BCUT2D eigenvalue weighted by Crippen LogP contribution is 2.27. The highest BCUT2D eigenvalue weighted by Gasteiger charge is 2.37. The first kappa shape index (κ1) is 17.9. The molecule has 6 heteroatoms. The van der Waals surface area contributed by atoms with E-state index >= 15 is 0 Å². The van der Waals surface area contributed by atoms with Gasteiger partial charge in [0, 0.05) is 51.5 Å². The van der Waals surface area contributed by atoms with Crippen molar-refractivity contribution in [3.63, 3.8) is 0 Å². The van der Waals surface area contributed by atoms with Crippen molar-refractivity contribution >= 4 is 17.5 Å². The van der Waals surface area contributed by atoms with Crippen LogP contribution in [-0.2, 0) is 9.59 Å². The minimum absolute atomic E-state index is 0.0790. The fraction of sp³-hybridized carbons (Fsp3) is 0.579. The van der Waals surface area contributed by atoms with Gasteiger partial charge in [-0.05, 0) is 43.5 Å². The number of nitrogens with zero attached hydrogens (tertiary/aromatic N) is 2. The average Bonchev–Trinajstić information content (AvgIpc) is 2.96. The quantitative estimate of drug-likeness (QED) is 0.771. The predicted molar refractivity (Wildman–Crippen MR) is 98.7 cm³/mol. The van der Waals surface area contributed by atoms with Gasteiger partial charge < -0.3 is 15.5 Å². The Bertz CT molecular complexity index is 620. The first-order valence-corrected chi connectivity index (χ1v) is 9.15. The van der Waals surface area contributed by atoms with Crippen molar-refractivity contribution in [2.75, 3.05) is 50.7 Å². The van der Waals surface area contributed by atoms with Crippen LogP contribution in [0.5, 0.6) is 0 Å². The summed E-state index contributed by atoms with van der Waals surface area (Å²) < 4.78 is 0. The van der Waals surface area contributed by atoms with E-state index in [0.717, 1.165) is 49.5 Å². The molecule has 0 spiro atoms. The largest absolute Gasteiger partial charge is 0.354 e. The number of benzene rings is 1. The number of rotatable bonds is 5. The highest BCUT2D eigenvalue weighted by molar-refractivity contribution is 6.09. The Morgan fingerprint density at radius 3 is 2.52 bits per heavy atom. The monoisotopic (exact) mass is 344 g/mol. The summed E-state index contributed by atoms with van der Waals surface area (Å²) in [4.78, 5) is 29.2. The second kappa shape index (κ2) is 7.97. The number of aryl methyl sites for hydroxylation is 2. The Hall–Kier alpha value is -1.92. The SMILES string of the molecule is Cc1cc(C)cc(N2CCC(C(=O)NCCN3CCNCC3)C2=O)c1. The highest BCUT2D eigenvalue weighted by atomic mass is 16.2. The number of carbonyl (C=O) groups is 2. The molecule has 6 nitrogen and oxygen atoms in total. The van der Waals surface area contributed by atoms with Gasteiger partial charge in [0.1, 0.15) is 5.92 Å². The number of hydrogen-bond acceptors (Lipinski definition) is 4. The maximum atomic E-state index is 12.7. The molecule has 2 aliphatic rings. The Balaban J connectivity index is 1.53. The van der Waals surface area contributed by atoms with E-state index in [4.69, 9.17) is 0 Å². The molecule has 0 bridgehead atoms. The van der Waals surface area contributed by atoms with Crippen molar-refractivity contribution in [2.24, 2.45) is 5.92 Å². The second-order valence-electron chi connectivity index (χ2n) is 7.06. The van der Waals surface area contributed by atoms with Crippen molar-refractivity contribution < 1.29 is 9.59 Å². The minimum atomic E-state index is -0.552. The Morgan fingerprint density at radius 2 is 1.84 bits per heavy atom. The summed E-state index contributed by atoms with van der Waals surface area (Å²) in [6, 6.07) is 6.11. The average molecular weight is 344 g/mol. The van der Waals surface area contributed by atoms with E-state index in [0.29, 0.717) is 19.5 Å². The van der Waals surface area contributed by atoms with Crippen LogP contribution in [0.15, 0.2) is 18.2 Å². The molecule has 1 aromatic rings. The van der Waals surface area contributed by atoms with Gasteiger partial charge in [-0.25, -0.2) is 0 Å². The van der Waals surface area contributed by atoms with E-state index in [2.05, 4.69) is 21.6 Å². The topological polar surface area (TPSA) is 64.7 Å². The summed E-state index contributed by atoms with van der Waals surface area (Å²) in [6.45, 7) is 10.1. The molecule has 25 heavy (non-hydrogen) atoms. The minimum Gasteiger partial charge on any atom is -0.354 e. The zero-order chi connectivity index (χ0) is 17.8. The lowest BCUT2D eigenvalue weighted by Gasteiger charge is -2.27. The molecule has 2 N–H and O–H groups in total. The maximum absolute atomic E-state index is 12.7. The molecule has 2 fully saturated rings. The van der Waals surface area contributed by atoms with E-state index in [-0.39, 0.29) is 11.8 Å². The van der Waals surface area contributed by atoms with Gasteiger partial charge in [-0.15, -0.1) is 0 Å². The van der Waals surface area contributed by atoms with Crippen LogP contribution in [0.3, 0.4) is 0 Å². The summed E-state index contributed by atoms with van der Waals surface area (Å²) in [6.07, 6.45) is 0.589. The van der Waals surface area contributed by atoms with Crippen LogP contribution in [-0.4, -0.2) is 62.5 Å². The number of amides is 2. The van der Waals surface area contributed by atoms with Crippen molar-refractivity contribution in [2.45, 2.75) is 20.3 Å². The molecule has 0 aliphatic carbocycles. The van der Waals surface area contributed by atoms with Gasteiger partial charge in [0.25, 0.3) is 0 Å². The van der Waals surface area contributed by atoms with Crippen LogP contribution in [0, 0.1) is 19.8 Å². The standard InChI is InChI=1S/C19H28N4O2/c1-14-11-15(2)13-16(12-14)23-7-3-17(19(23)25)18(24)21-6-10-22-8-4-20-5-9-22/h11-13,17,20H,3-10H2,1-2H3,(H,21,24). The molecule has 0 aromatic heterocycles. The molecule has 3 rings (SSSR count). The summed E-state index contributed by atoms with van der Waals surface area (Å²) >= 11 is 0. The van der Waals surface area contributed by atoms with Crippen LogP contribution < -0.4 is 15.5 Å². The van der Waals surface area contributed by atoms with E-state index in [1.165, 1.54) is 0 Å². The number of nitrogens with one attached hydrogen (secondary N) is 2. The van der Waals surface area contributed by atoms with Gasteiger partial charge in [0.05, 0.1) is 0 Å². The molecule has 2 saturated heterocycles. The molecule has 1 atom stereocenters. The van der Waals surface area contributed by atoms with E-state index in [1.807, 2.05) is 26.0 Å². The van der Waals surface area contributed by atoms with Crippen LogP contribution in [0.4, 0.5) is 5.69 Å². The lowest BCUT2D eigenvalue weighted by atomic mass is 10.1. The van der Waals surface area contributed by atoms with Crippen LogP contribution in [0.1, 0.15) is 17.5 Å². The predicted octanol–water partition coefficient (Wildman–Crippen LogP) is 0.678. The third-order valence-electron chi connectivity index (χ3n) is 4.98. The fourth-order valence-corrected chi connectivity index (χ4v) is 3.68. The first-order chi connectivity index (χ1) is 12.0. The smallest absolute Gasteiger partial charge is 0.239 e. The van der Waals surface area contributed by atoms with Gasteiger partial charge in [-0.2, -0.15) is 0 Å². The van der Waals surface area contributed by atoms with Crippen molar-refractivity contribution in [3.8, 4) is 0 Å². The number of carbonyl (C=O) groups excluding carboxylic acids is 2. The molecule has 2 amide bonds. The molecule has 136 valence electrons. The third-order valence-corrected chi connectivity index (χ3v) is 4.98. The van der Waals surface area contributed by atoms with E-state index < -0.39 is 5.92 Å². The lowest BCUT2D eigenvalue weighted by molar-refractivity contribution is -0.132. The van der Waals surface area contributed by atoms with Crippen molar-refractivity contribution in [3.05, 3.63) is 29.3 Å². The second-order valence-corrected chi connectivity index (χ2v) is 7.06. The van der Waals surface area contributed by atoms with Gasteiger partial charge in [-0.1, -0.05) is 6.07 Å². The molecular weight excluding hydrogens is 316 g/mol. The van der Waals surface area contributed by atoms with Crippen molar-refractivity contribution in [1.82, 2.24) is 15.5 Å². The zero-order valence-electron chi connectivity index (χ0n) is 15.2. The summed E-state index contributed by atoms with van der Waals surface area (Å²) in [5.41, 5.74) is 3.16. The normalized spacial score (nSPS) is 21.6. The maximum Gasteiger partial charge on any atom is 0.239 e. The Kier molecular flexibility index (Phi) is 5.71. The summed E-state index contributed by atoms with van der Waals surface area (Å²) in [7, 11) is 0. The van der Waals surface area contributed by atoms with Crippen LogP contribution in [0.2, 0.25) is 0 Å². The van der Waals surface area contributed by atoms with Gasteiger partial charge >= 0.3 is 0 Å². The van der Waals surface area contributed by atoms with E-state index in [9.17, 15) is 9.59 Å². The fourth-order valence-electron chi connectivity index (χ4n) is 3.68. The number of hydrogen-bond donors (Lipinski definition) is 2. The molecule has 2 heterocycles. The lowest BCUT2D eigenvalue weighted by Crippen LogP contribution is -2.47. The Morgan fingerprint density at radius 1 is 1.16 bits per heavy atom. The molecule has 0 saturated carbocycles. The summed E-state index contributed by atoms with van der Waals surface area (Å²) in [5, 5.41) is 6.26. The molecule has 2 aliphatic heterocycles. The molecular formula is C19H28N4O2. The molecule has 1 aromatic carbocycles. The summed E-state index contributed by atoms with van der Waals surface area (Å²) in [5.74, 6) is -0.763. The molecule has 0 radical (unpaired) electrons. The van der Waals surface area contributed by atoms with Gasteiger partial charge in [0.2, 0.25) is 11.8 Å². The van der Waals surface area contributed by atoms with E-state index in [1.54, 1.807) is 4.90 Å².